The summed E-state index contributed by atoms with van der Waals surface area (Å²) in [7, 11) is -3.44. The number of halogens is 1. The molecule has 0 aliphatic carbocycles. The van der Waals surface area contributed by atoms with E-state index >= 15 is 0 Å². The summed E-state index contributed by atoms with van der Waals surface area (Å²) in [6.07, 6.45) is 0.534. The van der Waals surface area contributed by atoms with Crippen molar-refractivity contribution in [1.82, 2.24) is 4.72 Å². The van der Waals surface area contributed by atoms with Gasteiger partial charge in [-0.25, -0.2) is 13.1 Å². The Hall–Kier alpha value is -0.580. The first-order valence-corrected chi connectivity index (χ1v) is 8.32. The van der Waals surface area contributed by atoms with E-state index in [1.54, 1.807) is 19.1 Å². The summed E-state index contributed by atoms with van der Waals surface area (Å²) < 4.78 is 26.8. The number of hydrogen-bond donors (Lipinski definition) is 1. The van der Waals surface area contributed by atoms with Crippen molar-refractivity contribution < 1.29 is 8.42 Å². The zero-order chi connectivity index (χ0) is 14.7. The molecule has 3 nitrogen and oxygen atoms in total. The molecular weight excluding hydrogens is 282 g/mol. The third kappa shape index (κ3) is 4.48. The third-order valence-corrected chi connectivity index (χ3v) is 5.39. The first-order valence-electron chi connectivity index (χ1n) is 6.40. The van der Waals surface area contributed by atoms with Gasteiger partial charge in [0.25, 0.3) is 0 Å². The molecule has 0 radical (unpaired) electrons. The summed E-state index contributed by atoms with van der Waals surface area (Å²) in [6.45, 7) is 8.28. The predicted octanol–water partition coefficient (Wildman–Crippen LogP) is 3.18. The van der Waals surface area contributed by atoms with Crippen LogP contribution >= 0.6 is 11.6 Å². The van der Waals surface area contributed by atoms with Crippen LogP contribution in [0.3, 0.4) is 0 Å². The van der Waals surface area contributed by atoms with Crippen molar-refractivity contribution in [2.45, 2.75) is 44.4 Å². The lowest BCUT2D eigenvalue weighted by Crippen LogP contribution is -2.27. The van der Waals surface area contributed by atoms with Gasteiger partial charge in [0.05, 0.1) is 4.90 Å². The van der Waals surface area contributed by atoms with Crippen LogP contribution in [0, 0.1) is 5.41 Å². The highest BCUT2D eigenvalue weighted by Crippen LogP contribution is 2.29. The monoisotopic (exact) mass is 303 g/mol. The van der Waals surface area contributed by atoms with E-state index < -0.39 is 10.0 Å². The Labute approximate surface area is 121 Å². The molecule has 1 atom stereocenters. The Bertz CT molecular complexity index is 520. The van der Waals surface area contributed by atoms with Crippen LogP contribution < -0.4 is 4.72 Å². The van der Waals surface area contributed by atoms with Gasteiger partial charge in [0.2, 0.25) is 10.0 Å². The van der Waals surface area contributed by atoms with Gasteiger partial charge >= 0.3 is 0 Å². The largest absolute Gasteiger partial charge is 0.240 e. The molecule has 0 aliphatic heterocycles. The van der Waals surface area contributed by atoms with Gasteiger partial charge in [-0.15, -0.1) is 11.6 Å². The van der Waals surface area contributed by atoms with Gasteiger partial charge in [-0.05, 0) is 23.5 Å². The zero-order valence-corrected chi connectivity index (χ0v) is 13.5. The second-order valence-electron chi connectivity index (χ2n) is 5.65. The van der Waals surface area contributed by atoms with Crippen LogP contribution in [0.2, 0.25) is 0 Å². The fourth-order valence-electron chi connectivity index (χ4n) is 1.70. The summed E-state index contributed by atoms with van der Waals surface area (Å²) in [6, 6.07) is 7.02. The number of benzene rings is 1. The first-order chi connectivity index (χ1) is 8.68. The van der Waals surface area contributed by atoms with Gasteiger partial charge in [0.1, 0.15) is 0 Å². The van der Waals surface area contributed by atoms with Gasteiger partial charge in [-0.2, -0.15) is 0 Å². The molecule has 0 saturated heterocycles. The summed E-state index contributed by atoms with van der Waals surface area (Å²) in [5.74, 6) is 0. The highest BCUT2D eigenvalue weighted by molar-refractivity contribution is 7.89. The average Bonchev–Trinajstić information content (AvgIpc) is 2.28. The molecule has 5 heteroatoms. The van der Waals surface area contributed by atoms with Crippen LogP contribution in [0.5, 0.6) is 0 Å². The molecule has 0 amide bonds. The lowest BCUT2D eigenvalue weighted by atomic mass is 9.88. The summed E-state index contributed by atoms with van der Waals surface area (Å²) >= 11 is 6.38. The average molecular weight is 304 g/mol. The Morgan fingerprint density at radius 2 is 1.84 bits per heavy atom. The Kier molecular flexibility index (Phi) is 5.42. The molecule has 1 N–H and O–H groups in total. The molecule has 0 spiro atoms. The molecule has 0 saturated carbocycles. The lowest BCUT2D eigenvalue weighted by molar-refractivity contribution is 0.385. The van der Waals surface area contributed by atoms with E-state index in [1.807, 2.05) is 32.9 Å². The van der Waals surface area contributed by atoms with E-state index in [0.717, 1.165) is 5.56 Å². The van der Waals surface area contributed by atoms with Gasteiger partial charge in [-0.1, -0.05) is 45.9 Å². The van der Waals surface area contributed by atoms with E-state index in [1.165, 1.54) is 0 Å². The molecule has 0 aromatic heterocycles. The molecule has 1 aromatic carbocycles. The summed E-state index contributed by atoms with van der Waals surface area (Å²) in [5, 5.41) is -0.120. The van der Waals surface area contributed by atoms with E-state index in [2.05, 4.69) is 4.72 Å². The van der Waals surface area contributed by atoms with E-state index in [0.29, 0.717) is 17.9 Å². The molecule has 1 rings (SSSR count). The first kappa shape index (κ1) is 16.5. The molecule has 108 valence electrons. The van der Waals surface area contributed by atoms with Crippen molar-refractivity contribution in [3.05, 3.63) is 29.8 Å². The predicted molar refractivity (Wildman–Crippen MR) is 80.1 cm³/mol. The molecule has 0 heterocycles. The summed E-state index contributed by atoms with van der Waals surface area (Å²) in [4.78, 5) is 0.326. The van der Waals surface area contributed by atoms with Crippen molar-refractivity contribution >= 4 is 21.6 Å². The fraction of sp³-hybridized carbons (Fsp3) is 0.571. The van der Waals surface area contributed by atoms with Gasteiger partial charge in [-0.3, -0.25) is 0 Å². The van der Waals surface area contributed by atoms with Gasteiger partial charge in [0, 0.05) is 11.9 Å². The Balaban J connectivity index is 3.11. The molecule has 1 aromatic rings. The minimum Gasteiger partial charge on any atom is -0.211 e. The van der Waals surface area contributed by atoms with E-state index in [4.69, 9.17) is 11.6 Å². The minimum absolute atomic E-state index is 0.0728. The van der Waals surface area contributed by atoms with Crippen LogP contribution in [-0.4, -0.2) is 20.3 Å². The van der Waals surface area contributed by atoms with Gasteiger partial charge in [0.15, 0.2) is 0 Å². The SMILES string of the molecule is CCNS(=O)(=O)c1ccccc1CC(Cl)C(C)(C)C. The second kappa shape index (κ2) is 6.25. The van der Waals surface area contributed by atoms with Gasteiger partial charge < -0.3 is 0 Å². The number of hydrogen-bond acceptors (Lipinski definition) is 2. The highest BCUT2D eigenvalue weighted by Gasteiger charge is 2.25. The topological polar surface area (TPSA) is 46.2 Å². The van der Waals surface area contributed by atoms with Crippen LogP contribution in [0.15, 0.2) is 29.2 Å². The Morgan fingerprint density at radius 3 is 2.37 bits per heavy atom. The maximum Gasteiger partial charge on any atom is 0.240 e. The number of sulfonamides is 1. The zero-order valence-electron chi connectivity index (χ0n) is 11.9. The summed E-state index contributed by atoms with van der Waals surface area (Å²) in [5.41, 5.74) is 0.690. The molecule has 0 fully saturated rings. The lowest BCUT2D eigenvalue weighted by Gasteiger charge is -2.25. The molecule has 0 aliphatic rings. The standard InChI is InChI=1S/C14H22ClNO2S/c1-5-16-19(17,18)12-9-7-6-8-11(12)10-13(15)14(2,3)4/h6-9,13,16H,5,10H2,1-4H3. The number of rotatable bonds is 5. The maximum absolute atomic E-state index is 12.1. The number of nitrogens with one attached hydrogen (secondary N) is 1. The normalized spacial score (nSPS) is 14.4. The van der Waals surface area contributed by atoms with Crippen molar-refractivity contribution in [2.24, 2.45) is 5.41 Å². The van der Waals surface area contributed by atoms with Crippen LogP contribution in [-0.2, 0) is 16.4 Å². The molecule has 0 bridgehead atoms. The fourth-order valence-corrected chi connectivity index (χ4v) is 3.16. The molecule has 19 heavy (non-hydrogen) atoms. The minimum atomic E-state index is -3.44. The molecular formula is C14H22ClNO2S. The smallest absolute Gasteiger partial charge is 0.211 e. The highest BCUT2D eigenvalue weighted by atomic mass is 35.5. The molecule has 1 unspecified atom stereocenters. The van der Waals surface area contributed by atoms with Crippen molar-refractivity contribution in [1.29, 1.82) is 0 Å². The third-order valence-electron chi connectivity index (χ3n) is 2.94. The van der Waals surface area contributed by atoms with Crippen LogP contribution in [0.1, 0.15) is 33.3 Å². The van der Waals surface area contributed by atoms with E-state index in [9.17, 15) is 8.42 Å². The van der Waals surface area contributed by atoms with Crippen molar-refractivity contribution in [3.8, 4) is 0 Å². The van der Waals surface area contributed by atoms with Crippen LogP contribution in [0.4, 0.5) is 0 Å². The quantitative estimate of drug-likeness (QED) is 0.849. The maximum atomic E-state index is 12.1. The van der Waals surface area contributed by atoms with E-state index in [-0.39, 0.29) is 10.8 Å². The Morgan fingerprint density at radius 1 is 1.26 bits per heavy atom. The number of alkyl halides is 1. The van der Waals surface area contributed by atoms with Crippen molar-refractivity contribution in [3.63, 3.8) is 0 Å². The van der Waals surface area contributed by atoms with Crippen LogP contribution in [0.25, 0.3) is 0 Å². The second-order valence-corrected chi connectivity index (χ2v) is 7.91. The van der Waals surface area contributed by atoms with Crippen molar-refractivity contribution in [2.75, 3.05) is 6.54 Å².